The van der Waals surface area contributed by atoms with Crippen LogP contribution in [-0.2, 0) is 0 Å². The van der Waals surface area contributed by atoms with E-state index < -0.39 is 0 Å². The molecule has 0 saturated carbocycles. The molecule has 0 bridgehead atoms. The molecular weight excluding hydrogens is 302 g/mol. The highest BCUT2D eigenvalue weighted by Gasteiger charge is 2.26. The van der Waals surface area contributed by atoms with Gasteiger partial charge in [-0.3, -0.25) is 4.79 Å². The highest BCUT2D eigenvalue weighted by Crippen LogP contribution is 2.22. The van der Waals surface area contributed by atoms with Crippen molar-refractivity contribution in [1.29, 1.82) is 0 Å². The highest BCUT2D eigenvalue weighted by atomic mass is 79.9. The zero-order valence-corrected chi connectivity index (χ0v) is 12.1. The highest BCUT2D eigenvalue weighted by molar-refractivity contribution is 9.09. The third kappa shape index (κ3) is 2.83. The molecule has 1 amide bonds. The molecule has 0 aliphatic carbocycles. The van der Waals surface area contributed by atoms with Crippen LogP contribution in [0.3, 0.4) is 0 Å². The molecule has 4 heteroatoms. The van der Waals surface area contributed by atoms with Crippen molar-refractivity contribution >= 4 is 33.4 Å². The Morgan fingerprint density at radius 1 is 1.59 bits per heavy atom. The zero-order chi connectivity index (χ0) is 12.4. The summed E-state index contributed by atoms with van der Waals surface area (Å²) in [6, 6.07) is 5.44. The summed E-state index contributed by atoms with van der Waals surface area (Å²) in [5.41, 5.74) is 1.72. The molecule has 1 unspecified atom stereocenters. The van der Waals surface area contributed by atoms with Crippen molar-refractivity contribution in [2.45, 2.75) is 13.3 Å². The van der Waals surface area contributed by atoms with E-state index in [1.165, 1.54) is 0 Å². The molecule has 1 aliphatic rings. The van der Waals surface area contributed by atoms with Crippen molar-refractivity contribution in [2.75, 3.05) is 18.4 Å². The van der Waals surface area contributed by atoms with Gasteiger partial charge in [0.05, 0.1) is 0 Å². The lowest BCUT2D eigenvalue weighted by Gasteiger charge is -2.17. The molecule has 1 aromatic rings. The van der Waals surface area contributed by atoms with Crippen molar-refractivity contribution in [3.8, 4) is 0 Å². The number of carbonyl (C=O) groups is 1. The van der Waals surface area contributed by atoms with Crippen LogP contribution >= 0.6 is 27.5 Å². The Morgan fingerprint density at radius 3 is 2.94 bits per heavy atom. The van der Waals surface area contributed by atoms with Crippen molar-refractivity contribution in [2.24, 2.45) is 5.92 Å². The minimum Gasteiger partial charge on any atom is -0.338 e. The normalized spacial score (nSPS) is 19.7. The maximum Gasteiger partial charge on any atom is 0.254 e. The lowest BCUT2D eigenvalue weighted by atomic mass is 10.1. The summed E-state index contributed by atoms with van der Waals surface area (Å²) >= 11 is 9.37. The minimum atomic E-state index is 0.127. The summed E-state index contributed by atoms with van der Waals surface area (Å²) < 4.78 is 0. The molecule has 1 heterocycles. The van der Waals surface area contributed by atoms with Crippen LogP contribution in [0.1, 0.15) is 22.3 Å². The molecule has 2 rings (SSSR count). The van der Waals surface area contributed by atoms with E-state index in [2.05, 4.69) is 15.9 Å². The number of halogens is 2. The van der Waals surface area contributed by atoms with Crippen molar-refractivity contribution in [3.05, 3.63) is 34.3 Å². The average molecular weight is 317 g/mol. The van der Waals surface area contributed by atoms with Crippen molar-refractivity contribution < 1.29 is 4.79 Å². The van der Waals surface area contributed by atoms with Crippen LogP contribution in [0.5, 0.6) is 0 Å². The van der Waals surface area contributed by atoms with Gasteiger partial charge >= 0.3 is 0 Å². The molecule has 1 aromatic carbocycles. The van der Waals surface area contributed by atoms with Crippen LogP contribution in [-0.4, -0.2) is 29.2 Å². The lowest BCUT2D eigenvalue weighted by Crippen LogP contribution is -2.29. The number of carbonyl (C=O) groups excluding carboxylic acids is 1. The largest absolute Gasteiger partial charge is 0.338 e. The molecule has 1 saturated heterocycles. The molecule has 1 atom stereocenters. The first-order valence-electron chi connectivity index (χ1n) is 5.73. The molecule has 0 aromatic heterocycles. The van der Waals surface area contributed by atoms with E-state index in [9.17, 15) is 4.79 Å². The lowest BCUT2D eigenvalue weighted by molar-refractivity contribution is 0.0787. The number of rotatable bonds is 2. The Balaban J connectivity index is 2.15. The van der Waals surface area contributed by atoms with E-state index in [0.29, 0.717) is 10.9 Å². The fraction of sp³-hybridized carbons (Fsp3) is 0.462. The fourth-order valence-corrected chi connectivity index (χ4v) is 2.94. The maximum atomic E-state index is 12.3. The summed E-state index contributed by atoms with van der Waals surface area (Å²) in [5, 5.41) is 1.65. The van der Waals surface area contributed by atoms with Gasteiger partial charge in [0, 0.05) is 29.0 Å². The summed E-state index contributed by atoms with van der Waals surface area (Å²) in [6.45, 7) is 3.64. The third-order valence-corrected chi connectivity index (χ3v) is 4.36. The quantitative estimate of drug-likeness (QED) is 0.765. The molecular formula is C13H15BrClNO. The molecule has 0 spiro atoms. The van der Waals surface area contributed by atoms with Gasteiger partial charge in [-0.15, -0.1) is 0 Å². The van der Waals surface area contributed by atoms with Crippen LogP contribution in [0.25, 0.3) is 0 Å². The Hall–Kier alpha value is -0.540. The number of alkyl halides is 1. The SMILES string of the molecule is Cc1cc(Cl)ccc1C(=O)N1CCC(CBr)C1. The smallest absolute Gasteiger partial charge is 0.254 e. The van der Waals surface area contributed by atoms with Crippen LogP contribution in [0.15, 0.2) is 18.2 Å². The van der Waals surface area contributed by atoms with Gasteiger partial charge in [0.1, 0.15) is 0 Å². The Labute approximate surface area is 115 Å². The zero-order valence-electron chi connectivity index (χ0n) is 9.75. The van der Waals surface area contributed by atoms with Crippen LogP contribution in [0.2, 0.25) is 5.02 Å². The molecule has 0 radical (unpaired) electrons. The number of likely N-dealkylation sites (tertiary alicyclic amines) is 1. The van der Waals surface area contributed by atoms with E-state index in [1.807, 2.05) is 24.0 Å². The number of hydrogen-bond donors (Lipinski definition) is 0. The first-order valence-corrected chi connectivity index (χ1v) is 7.23. The topological polar surface area (TPSA) is 20.3 Å². The van der Waals surface area contributed by atoms with Crippen LogP contribution < -0.4 is 0 Å². The standard InChI is InChI=1S/C13H15BrClNO/c1-9-6-11(15)2-3-12(9)13(17)16-5-4-10(7-14)8-16/h2-3,6,10H,4-5,7-8H2,1H3. The molecule has 2 nitrogen and oxygen atoms in total. The van der Waals surface area contributed by atoms with E-state index in [1.54, 1.807) is 6.07 Å². The molecule has 0 N–H and O–H groups in total. The van der Waals surface area contributed by atoms with Crippen molar-refractivity contribution in [1.82, 2.24) is 4.90 Å². The second kappa shape index (κ2) is 5.40. The second-order valence-corrected chi connectivity index (χ2v) is 5.60. The number of aryl methyl sites for hydroxylation is 1. The summed E-state index contributed by atoms with van der Waals surface area (Å²) in [6.07, 6.45) is 1.09. The minimum absolute atomic E-state index is 0.127. The van der Waals surface area contributed by atoms with Gasteiger partial charge in [-0.2, -0.15) is 0 Å². The predicted octanol–water partition coefficient (Wildman–Crippen LogP) is 3.51. The predicted molar refractivity (Wildman–Crippen MR) is 74.0 cm³/mol. The van der Waals surface area contributed by atoms with E-state index in [0.717, 1.165) is 36.0 Å². The summed E-state index contributed by atoms with van der Waals surface area (Å²) in [7, 11) is 0. The van der Waals surface area contributed by atoms with Crippen molar-refractivity contribution in [3.63, 3.8) is 0 Å². The second-order valence-electron chi connectivity index (χ2n) is 4.52. The number of amides is 1. The number of hydrogen-bond acceptors (Lipinski definition) is 1. The molecule has 1 aliphatic heterocycles. The van der Waals surface area contributed by atoms with Gasteiger partial charge < -0.3 is 4.90 Å². The fourth-order valence-electron chi connectivity index (χ4n) is 2.18. The van der Waals surface area contributed by atoms with E-state index in [-0.39, 0.29) is 5.91 Å². The van der Waals surface area contributed by atoms with E-state index in [4.69, 9.17) is 11.6 Å². The first-order chi connectivity index (χ1) is 8.11. The first kappa shape index (κ1) is 12.9. The number of benzene rings is 1. The van der Waals surface area contributed by atoms with Crippen LogP contribution in [0, 0.1) is 12.8 Å². The maximum absolute atomic E-state index is 12.3. The van der Waals surface area contributed by atoms with E-state index >= 15 is 0 Å². The Morgan fingerprint density at radius 2 is 2.35 bits per heavy atom. The van der Waals surface area contributed by atoms with Gasteiger partial charge in [0.25, 0.3) is 5.91 Å². The Kier molecular flexibility index (Phi) is 4.10. The van der Waals surface area contributed by atoms with Gasteiger partial charge in [-0.05, 0) is 43.0 Å². The van der Waals surface area contributed by atoms with Gasteiger partial charge in [-0.1, -0.05) is 27.5 Å². The summed E-state index contributed by atoms with van der Waals surface area (Å²) in [5.74, 6) is 0.717. The molecule has 92 valence electrons. The number of nitrogens with zero attached hydrogens (tertiary/aromatic N) is 1. The molecule has 17 heavy (non-hydrogen) atoms. The van der Waals surface area contributed by atoms with Gasteiger partial charge in [0.15, 0.2) is 0 Å². The molecule has 1 fully saturated rings. The monoisotopic (exact) mass is 315 g/mol. The van der Waals surface area contributed by atoms with Gasteiger partial charge in [0.2, 0.25) is 0 Å². The average Bonchev–Trinajstić information content (AvgIpc) is 2.76. The third-order valence-electron chi connectivity index (χ3n) is 3.21. The van der Waals surface area contributed by atoms with Crippen LogP contribution in [0.4, 0.5) is 0 Å². The van der Waals surface area contributed by atoms with Gasteiger partial charge in [-0.25, -0.2) is 0 Å². The summed E-state index contributed by atoms with van der Waals surface area (Å²) in [4.78, 5) is 14.2. The Bertz CT molecular complexity index is 435.